The molecule has 1 heterocycles. The van der Waals surface area contributed by atoms with Gasteiger partial charge in [-0.2, -0.15) is 0 Å². The molecule has 28 heavy (non-hydrogen) atoms. The maximum absolute atomic E-state index is 14.1. The molecule has 1 fully saturated rings. The first-order valence-corrected chi connectivity index (χ1v) is 9.78. The summed E-state index contributed by atoms with van der Waals surface area (Å²) < 4.78 is 19.1. The first kappa shape index (κ1) is 18.8. The van der Waals surface area contributed by atoms with Gasteiger partial charge in [0.05, 0.1) is 12.5 Å². The molecule has 2 aromatic carbocycles. The van der Waals surface area contributed by atoms with Crippen LogP contribution in [0.3, 0.4) is 0 Å². The van der Waals surface area contributed by atoms with Gasteiger partial charge in [0.1, 0.15) is 0 Å². The quantitative estimate of drug-likeness (QED) is 0.792. The highest BCUT2D eigenvalue weighted by Gasteiger charge is 2.51. The van der Waals surface area contributed by atoms with Crippen molar-refractivity contribution >= 4 is 17.3 Å². The second-order valence-corrected chi connectivity index (χ2v) is 9.02. The fourth-order valence-electron chi connectivity index (χ4n) is 3.95. The molecular weight excluding hydrogens is 355 g/mol. The molecule has 2 aliphatic rings. The molecule has 1 unspecified atom stereocenters. The van der Waals surface area contributed by atoms with Gasteiger partial charge >= 0.3 is 0 Å². The minimum Gasteiger partial charge on any atom is -0.494 e. The second-order valence-electron chi connectivity index (χ2n) is 9.02. The van der Waals surface area contributed by atoms with Crippen molar-refractivity contribution in [1.82, 2.24) is 0 Å². The number of ether oxygens (including phenoxy) is 1. The number of amides is 1. The largest absolute Gasteiger partial charge is 0.494 e. The minimum absolute atomic E-state index is 0.0738. The van der Waals surface area contributed by atoms with Crippen LogP contribution in [0.5, 0.6) is 5.75 Å². The average molecular weight is 382 g/mol. The van der Waals surface area contributed by atoms with E-state index in [0.717, 1.165) is 30.6 Å². The van der Waals surface area contributed by atoms with Gasteiger partial charge in [0, 0.05) is 17.4 Å². The molecule has 5 heteroatoms. The summed E-state index contributed by atoms with van der Waals surface area (Å²) in [5.74, 6) is -0.314. The lowest BCUT2D eigenvalue weighted by molar-refractivity contribution is -0.118. The Morgan fingerprint density at radius 2 is 1.96 bits per heavy atom. The Hall–Kier alpha value is -2.56. The van der Waals surface area contributed by atoms with Crippen LogP contribution in [0, 0.1) is 11.2 Å². The van der Waals surface area contributed by atoms with Crippen molar-refractivity contribution < 1.29 is 13.9 Å². The number of halogens is 1. The third kappa shape index (κ3) is 3.23. The number of anilines is 2. The molecule has 0 spiro atoms. The summed E-state index contributed by atoms with van der Waals surface area (Å²) in [6, 6.07) is 11.2. The van der Waals surface area contributed by atoms with Gasteiger partial charge in [-0.05, 0) is 66.1 Å². The molecule has 0 bridgehead atoms. The van der Waals surface area contributed by atoms with Gasteiger partial charge < -0.3 is 15.4 Å². The van der Waals surface area contributed by atoms with Crippen LogP contribution in [0.25, 0.3) is 0 Å². The van der Waals surface area contributed by atoms with E-state index in [1.54, 1.807) is 12.1 Å². The number of rotatable bonds is 4. The third-order valence-electron chi connectivity index (χ3n) is 6.05. The van der Waals surface area contributed by atoms with Crippen molar-refractivity contribution in [3.63, 3.8) is 0 Å². The Bertz CT molecular complexity index is 929. The topological polar surface area (TPSA) is 50.4 Å². The van der Waals surface area contributed by atoms with E-state index in [1.807, 2.05) is 12.1 Å². The second kappa shape index (κ2) is 6.50. The van der Waals surface area contributed by atoms with E-state index in [-0.39, 0.29) is 17.1 Å². The third-order valence-corrected chi connectivity index (χ3v) is 6.05. The lowest BCUT2D eigenvalue weighted by Gasteiger charge is -2.27. The van der Waals surface area contributed by atoms with Crippen molar-refractivity contribution in [2.24, 2.45) is 5.41 Å². The van der Waals surface area contributed by atoms with Crippen LogP contribution < -0.4 is 15.4 Å². The van der Waals surface area contributed by atoms with Gasteiger partial charge in [0.15, 0.2) is 11.6 Å². The zero-order valence-corrected chi connectivity index (χ0v) is 16.9. The first-order chi connectivity index (χ1) is 13.2. The Kier molecular flexibility index (Phi) is 4.36. The van der Waals surface area contributed by atoms with Crippen LogP contribution in [0.4, 0.5) is 15.8 Å². The molecule has 1 amide bonds. The SMILES string of the molecule is COc1ccc(C2(C(=O)Nc3ccc4c(c3)CC(C(C)(C)C)N4)CC2)cc1F. The molecule has 1 aliphatic carbocycles. The van der Waals surface area contributed by atoms with Crippen LogP contribution in [0.1, 0.15) is 44.7 Å². The molecular formula is C23H27FN2O2. The molecule has 2 N–H and O–H groups in total. The smallest absolute Gasteiger partial charge is 0.235 e. The van der Waals surface area contributed by atoms with Crippen molar-refractivity contribution in [3.05, 3.63) is 53.3 Å². The predicted molar refractivity (Wildman–Crippen MR) is 110 cm³/mol. The molecule has 1 aliphatic heterocycles. The monoisotopic (exact) mass is 382 g/mol. The summed E-state index contributed by atoms with van der Waals surface area (Å²) in [7, 11) is 1.44. The number of fused-ring (bicyclic) bond motifs is 1. The number of nitrogens with one attached hydrogen (secondary N) is 2. The zero-order valence-electron chi connectivity index (χ0n) is 16.9. The van der Waals surface area contributed by atoms with E-state index in [9.17, 15) is 9.18 Å². The lowest BCUT2D eigenvalue weighted by Crippen LogP contribution is -2.31. The first-order valence-electron chi connectivity index (χ1n) is 9.78. The summed E-state index contributed by atoms with van der Waals surface area (Å²) in [5.41, 5.74) is 3.38. The van der Waals surface area contributed by atoms with Crippen LogP contribution in [0.15, 0.2) is 36.4 Å². The van der Waals surface area contributed by atoms with Crippen molar-refractivity contribution in [3.8, 4) is 5.75 Å². The maximum atomic E-state index is 14.1. The van der Waals surface area contributed by atoms with Gasteiger partial charge in [0.2, 0.25) is 5.91 Å². The Labute approximate surface area is 165 Å². The highest BCUT2D eigenvalue weighted by Crippen LogP contribution is 2.49. The number of methoxy groups -OCH3 is 1. The summed E-state index contributed by atoms with van der Waals surface area (Å²) in [6.45, 7) is 6.68. The molecule has 2 aromatic rings. The van der Waals surface area contributed by atoms with E-state index in [1.165, 1.54) is 18.7 Å². The van der Waals surface area contributed by atoms with Gasteiger partial charge in [-0.3, -0.25) is 4.79 Å². The molecule has 148 valence electrons. The van der Waals surface area contributed by atoms with Crippen LogP contribution >= 0.6 is 0 Å². The van der Waals surface area contributed by atoms with Gasteiger partial charge in [-0.25, -0.2) is 4.39 Å². The molecule has 4 nitrogen and oxygen atoms in total. The Morgan fingerprint density at radius 3 is 2.57 bits per heavy atom. The number of benzene rings is 2. The molecule has 0 aromatic heterocycles. The van der Waals surface area contributed by atoms with Crippen molar-refractivity contribution in [1.29, 1.82) is 0 Å². The fourth-order valence-corrected chi connectivity index (χ4v) is 3.95. The average Bonchev–Trinajstić information content (AvgIpc) is 3.34. The summed E-state index contributed by atoms with van der Waals surface area (Å²) in [5, 5.41) is 6.63. The Morgan fingerprint density at radius 1 is 1.21 bits per heavy atom. The molecule has 0 radical (unpaired) electrons. The van der Waals surface area contributed by atoms with E-state index in [4.69, 9.17) is 4.74 Å². The Balaban J connectivity index is 1.51. The number of carbonyl (C=O) groups is 1. The number of hydrogen-bond acceptors (Lipinski definition) is 3. The predicted octanol–water partition coefficient (Wildman–Crippen LogP) is 4.89. The van der Waals surface area contributed by atoms with Gasteiger partial charge in [-0.1, -0.05) is 26.8 Å². The van der Waals surface area contributed by atoms with Gasteiger partial charge in [0.25, 0.3) is 0 Å². The molecule has 0 saturated heterocycles. The normalized spacial score (nSPS) is 19.5. The fraction of sp³-hybridized carbons (Fsp3) is 0.435. The van der Waals surface area contributed by atoms with Crippen LogP contribution in [0.2, 0.25) is 0 Å². The zero-order chi connectivity index (χ0) is 20.1. The maximum Gasteiger partial charge on any atom is 0.235 e. The van der Waals surface area contributed by atoms with E-state index in [2.05, 4.69) is 37.5 Å². The van der Waals surface area contributed by atoms with E-state index >= 15 is 0 Å². The van der Waals surface area contributed by atoms with Gasteiger partial charge in [-0.15, -0.1) is 0 Å². The minimum atomic E-state index is -0.641. The lowest BCUT2D eigenvalue weighted by atomic mass is 9.85. The number of hydrogen-bond donors (Lipinski definition) is 2. The van der Waals surface area contributed by atoms with Crippen molar-refractivity contribution in [2.75, 3.05) is 17.7 Å². The van der Waals surface area contributed by atoms with Crippen molar-refractivity contribution in [2.45, 2.75) is 51.5 Å². The highest BCUT2D eigenvalue weighted by molar-refractivity contribution is 6.01. The number of carbonyl (C=O) groups excluding carboxylic acids is 1. The highest BCUT2D eigenvalue weighted by atomic mass is 19.1. The van der Waals surface area contributed by atoms with Crippen LogP contribution in [-0.4, -0.2) is 19.1 Å². The molecule has 1 saturated carbocycles. The summed E-state index contributed by atoms with van der Waals surface area (Å²) in [4.78, 5) is 13.0. The molecule has 4 rings (SSSR count). The van der Waals surface area contributed by atoms with E-state index in [0.29, 0.717) is 11.6 Å². The van der Waals surface area contributed by atoms with E-state index < -0.39 is 11.2 Å². The summed E-state index contributed by atoms with van der Waals surface area (Å²) >= 11 is 0. The standard InChI is InChI=1S/C23H27FN2O2/c1-22(2,3)20-12-14-11-16(6-7-18(14)26-20)25-21(27)23(9-10-23)15-5-8-19(28-4)17(24)13-15/h5-8,11,13,20,26H,9-10,12H2,1-4H3,(H,25,27). The summed E-state index contributed by atoms with van der Waals surface area (Å²) in [6.07, 6.45) is 2.39. The molecule has 1 atom stereocenters. The van der Waals surface area contributed by atoms with Crippen LogP contribution in [-0.2, 0) is 16.6 Å².